The molecule has 6 rings (SSSR count). The minimum atomic E-state index is -1.02. The molecule has 0 bridgehead atoms. The lowest BCUT2D eigenvalue weighted by Crippen LogP contribution is -2.35. The molecule has 15 heteroatoms. The Morgan fingerprint density at radius 2 is 1.46 bits per heavy atom. The summed E-state index contributed by atoms with van der Waals surface area (Å²) in [6.45, 7) is 6.07. The van der Waals surface area contributed by atoms with Gasteiger partial charge < -0.3 is 19.6 Å². The van der Waals surface area contributed by atoms with E-state index in [0.717, 1.165) is 25.7 Å². The number of nitrogens with one attached hydrogen (secondary N) is 1. The number of rotatable bonds is 4. The summed E-state index contributed by atoms with van der Waals surface area (Å²) in [5.74, 6) is 0. The van der Waals surface area contributed by atoms with Crippen LogP contribution in [0.4, 0.5) is 0 Å². The van der Waals surface area contributed by atoms with Gasteiger partial charge in [-0.1, -0.05) is 0 Å². The molecule has 0 atom stereocenters. The van der Waals surface area contributed by atoms with E-state index in [1.54, 1.807) is 23.0 Å². The monoisotopic (exact) mass is 580 g/mol. The highest BCUT2D eigenvalue weighted by Crippen LogP contribution is 2.25. The zero-order chi connectivity index (χ0) is 27.7. The number of ether oxygens (including phenoxy) is 2. The molecule has 0 saturated carbocycles. The average Bonchev–Trinajstić information content (AvgIpc) is 3.36. The molecule has 0 aromatic carbocycles. The summed E-state index contributed by atoms with van der Waals surface area (Å²) < 4.78 is 15.5. The van der Waals surface area contributed by atoms with Gasteiger partial charge in [0.1, 0.15) is 11.0 Å². The zero-order valence-electron chi connectivity index (χ0n) is 21.6. The van der Waals surface area contributed by atoms with Crippen molar-refractivity contribution in [3.05, 3.63) is 43.9 Å². The molecule has 0 amide bonds. The Hall–Kier alpha value is -2.84. The van der Waals surface area contributed by atoms with Crippen LogP contribution in [0.25, 0.3) is 22.3 Å². The predicted molar refractivity (Wildman–Crippen MR) is 144 cm³/mol. The maximum absolute atomic E-state index is 12.8. The highest BCUT2D eigenvalue weighted by atomic mass is 35.5. The number of halogens is 2. The third-order valence-corrected chi connectivity index (χ3v) is 7.13. The van der Waals surface area contributed by atoms with Gasteiger partial charge in [-0.25, -0.2) is 19.6 Å². The molecule has 2 saturated heterocycles. The SMILES string of the molecule is CC(C)(O)Cn1c(=O)n(C2CCOCC2)c2nc(Cl)ncc21.O=c1[nH]c2cnc(Cl)nc2n1C1CCOCC1. The smallest absolute Gasteiger partial charge is 0.330 e. The van der Waals surface area contributed by atoms with Gasteiger partial charge >= 0.3 is 11.4 Å². The van der Waals surface area contributed by atoms with Crippen LogP contribution in [-0.2, 0) is 16.0 Å². The third kappa shape index (κ3) is 6.02. The van der Waals surface area contributed by atoms with Crippen LogP contribution in [0.3, 0.4) is 0 Å². The Morgan fingerprint density at radius 1 is 0.923 bits per heavy atom. The number of nitrogens with zero attached hydrogens (tertiary/aromatic N) is 7. The lowest BCUT2D eigenvalue weighted by atomic mass is 10.1. The van der Waals surface area contributed by atoms with E-state index in [0.29, 0.717) is 48.8 Å². The lowest BCUT2D eigenvalue weighted by Gasteiger charge is -2.23. The summed E-state index contributed by atoms with van der Waals surface area (Å²) >= 11 is 11.7. The molecule has 4 aromatic heterocycles. The third-order valence-electron chi connectivity index (χ3n) is 6.76. The van der Waals surface area contributed by atoms with Crippen molar-refractivity contribution in [3.8, 4) is 0 Å². The normalized spacial score (nSPS) is 17.5. The van der Waals surface area contributed by atoms with E-state index in [1.807, 2.05) is 0 Å². The molecular weight excluding hydrogens is 551 g/mol. The number of aliphatic hydroxyl groups is 1. The van der Waals surface area contributed by atoms with Gasteiger partial charge in [0.25, 0.3) is 0 Å². The number of hydrogen-bond donors (Lipinski definition) is 2. The number of imidazole rings is 2. The molecule has 13 nitrogen and oxygen atoms in total. The number of H-pyrrole nitrogens is 1. The number of aromatic amines is 1. The van der Waals surface area contributed by atoms with Crippen LogP contribution < -0.4 is 11.4 Å². The van der Waals surface area contributed by atoms with Gasteiger partial charge in [-0.2, -0.15) is 9.97 Å². The Morgan fingerprint density at radius 3 is 2.05 bits per heavy atom. The Labute approximate surface area is 232 Å². The van der Waals surface area contributed by atoms with Crippen LogP contribution >= 0.6 is 23.2 Å². The summed E-state index contributed by atoms with van der Waals surface area (Å²) in [7, 11) is 0. The number of hydrogen-bond acceptors (Lipinski definition) is 9. The van der Waals surface area contributed by atoms with Crippen molar-refractivity contribution in [2.24, 2.45) is 0 Å². The fourth-order valence-corrected chi connectivity index (χ4v) is 5.28. The van der Waals surface area contributed by atoms with Crippen LogP contribution in [0, 0.1) is 0 Å². The maximum Gasteiger partial charge on any atom is 0.330 e. The summed E-state index contributed by atoms with van der Waals surface area (Å²) in [6, 6.07) is 0.147. The Bertz CT molecular complexity index is 1580. The molecule has 0 spiro atoms. The van der Waals surface area contributed by atoms with Gasteiger partial charge in [0, 0.05) is 38.5 Å². The van der Waals surface area contributed by atoms with Gasteiger partial charge in [-0.05, 0) is 62.7 Å². The second kappa shape index (κ2) is 11.3. The summed E-state index contributed by atoms with van der Waals surface area (Å²) in [4.78, 5) is 43.7. The van der Waals surface area contributed by atoms with Crippen molar-refractivity contribution in [3.63, 3.8) is 0 Å². The highest BCUT2D eigenvalue weighted by molar-refractivity contribution is 6.28. The topological polar surface area (TPSA) is 155 Å². The molecule has 6 heterocycles. The van der Waals surface area contributed by atoms with Gasteiger partial charge in [-0.3, -0.25) is 13.7 Å². The molecule has 0 unspecified atom stereocenters. The molecule has 210 valence electrons. The molecular formula is C24H30Cl2N8O5. The molecule has 0 radical (unpaired) electrons. The van der Waals surface area contributed by atoms with Crippen LogP contribution in [0.1, 0.15) is 51.6 Å². The maximum atomic E-state index is 12.8. The minimum Gasteiger partial charge on any atom is -0.389 e. The molecule has 2 fully saturated rings. The molecule has 4 aromatic rings. The van der Waals surface area contributed by atoms with Crippen molar-refractivity contribution >= 4 is 45.5 Å². The van der Waals surface area contributed by atoms with E-state index in [-0.39, 0.29) is 40.6 Å². The predicted octanol–water partition coefficient (Wildman–Crippen LogP) is 2.49. The van der Waals surface area contributed by atoms with Crippen LogP contribution in [0.2, 0.25) is 10.6 Å². The van der Waals surface area contributed by atoms with Gasteiger partial charge in [0.15, 0.2) is 11.3 Å². The quantitative estimate of drug-likeness (QED) is 0.346. The highest BCUT2D eigenvalue weighted by Gasteiger charge is 2.26. The number of fused-ring (bicyclic) bond motifs is 2. The van der Waals surface area contributed by atoms with E-state index in [9.17, 15) is 14.7 Å². The first-order chi connectivity index (χ1) is 18.6. The van der Waals surface area contributed by atoms with E-state index in [2.05, 4.69) is 24.9 Å². The minimum absolute atomic E-state index is 0.0257. The van der Waals surface area contributed by atoms with Crippen molar-refractivity contribution in [1.82, 2.24) is 38.6 Å². The van der Waals surface area contributed by atoms with Crippen molar-refractivity contribution < 1.29 is 14.6 Å². The first-order valence-electron chi connectivity index (χ1n) is 12.8. The van der Waals surface area contributed by atoms with Crippen molar-refractivity contribution in [2.75, 3.05) is 26.4 Å². The lowest BCUT2D eigenvalue weighted by molar-refractivity contribution is 0.0589. The zero-order valence-corrected chi connectivity index (χ0v) is 23.2. The second-order valence-electron chi connectivity index (χ2n) is 10.3. The fraction of sp³-hybridized carbons (Fsp3) is 0.583. The van der Waals surface area contributed by atoms with Crippen LogP contribution in [-0.4, -0.2) is 75.8 Å². The standard InChI is InChI=1S/C14H19ClN4O3.C10H11ClN4O2/c1-14(2,21)8-18-10-7-16-12(15)17-11(10)19(13(18)20)9-3-5-22-6-4-9;11-9-12-5-7-8(14-9)15(10(16)13-7)6-1-3-17-4-2-6/h7,9,21H,3-6,8H2,1-2H3;5-6H,1-4H2,(H,13,16). The average molecular weight is 581 g/mol. The van der Waals surface area contributed by atoms with E-state index < -0.39 is 5.60 Å². The first-order valence-corrected chi connectivity index (χ1v) is 13.5. The molecule has 39 heavy (non-hydrogen) atoms. The second-order valence-corrected chi connectivity index (χ2v) is 10.9. The van der Waals surface area contributed by atoms with Crippen LogP contribution in [0.5, 0.6) is 0 Å². The number of aromatic nitrogens is 8. The van der Waals surface area contributed by atoms with Crippen molar-refractivity contribution in [2.45, 2.75) is 63.8 Å². The van der Waals surface area contributed by atoms with E-state index in [4.69, 9.17) is 32.7 Å². The Kier molecular flexibility index (Phi) is 8.06. The van der Waals surface area contributed by atoms with Gasteiger partial charge in [0.05, 0.1) is 24.5 Å². The largest absolute Gasteiger partial charge is 0.389 e. The molecule has 2 N–H and O–H groups in total. The molecule has 2 aliphatic rings. The summed E-state index contributed by atoms with van der Waals surface area (Å²) in [5, 5.41) is 10.3. The van der Waals surface area contributed by atoms with Gasteiger partial charge in [-0.15, -0.1) is 0 Å². The van der Waals surface area contributed by atoms with E-state index in [1.165, 1.54) is 17.0 Å². The summed E-state index contributed by atoms with van der Waals surface area (Å²) in [6.07, 6.45) is 6.20. The fourth-order valence-electron chi connectivity index (χ4n) is 5.03. The first kappa shape index (κ1) is 27.7. The van der Waals surface area contributed by atoms with E-state index >= 15 is 0 Å². The van der Waals surface area contributed by atoms with Gasteiger partial charge in [0.2, 0.25) is 10.6 Å². The van der Waals surface area contributed by atoms with Crippen molar-refractivity contribution in [1.29, 1.82) is 0 Å². The molecule has 2 aliphatic heterocycles. The molecule has 0 aliphatic carbocycles. The van der Waals surface area contributed by atoms with Crippen LogP contribution in [0.15, 0.2) is 22.0 Å². The Balaban J connectivity index is 0.000000163. The summed E-state index contributed by atoms with van der Waals surface area (Å²) in [5.41, 5.74) is 0.916.